The van der Waals surface area contributed by atoms with Crippen molar-refractivity contribution in [3.05, 3.63) is 60.2 Å². The number of anilines is 1. The van der Waals surface area contributed by atoms with Crippen molar-refractivity contribution in [2.75, 3.05) is 18.5 Å². The molecule has 0 atom stereocenters. The Balaban J connectivity index is 1.53. The molecule has 26 heavy (non-hydrogen) atoms. The number of benzene rings is 2. The van der Waals surface area contributed by atoms with Gasteiger partial charge in [-0.1, -0.05) is 32.6 Å². The topological polar surface area (TPSA) is 54.5 Å². The van der Waals surface area contributed by atoms with Crippen molar-refractivity contribution < 1.29 is 9.47 Å². The Bertz CT molecular complexity index is 803. The molecule has 0 bridgehead atoms. The molecule has 0 aromatic heterocycles. The third-order valence-electron chi connectivity index (χ3n) is 4.05. The molecule has 0 saturated heterocycles. The fourth-order valence-corrected chi connectivity index (χ4v) is 2.72. The zero-order chi connectivity index (χ0) is 18.5. The van der Waals surface area contributed by atoms with Crippen LogP contribution >= 0.6 is 12.2 Å². The Hall–Kier alpha value is -2.73. The monoisotopic (exact) mass is 369 g/mol. The maximum Gasteiger partial charge on any atom is 0.189 e. The Morgan fingerprint density at radius 3 is 2.38 bits per heavy atom. The lowest BCUT2D eigenvalue weighted by atomic mass is 10.0. The van der Waals surface area contributed by atoms with Gasteiger partial charge in [0.1, 0.15) is 13.2 Å². The van der Waals surface area contributed by atoms with Crippen LogP contribution in [0.1, 0.15) is 30.9 Å². The van der Waals surface area contributed by atoms with E-state index >= 15 is 0 Å². The molecular weight excluding hydrogens is 346 g/mol. The van der Waals surface area contributed by atoms with Gasteiger partial charge in [0.25, 0.3) is 0 Å². The molecule has 1 aliphatic heterocycles. The number of hydrazine groups is 1. The van der Waals surface area contributed by atoms with Gasteiger partial charge >= 0.3 is 0 Å². The van der Waals surface area contributed by atoms with E-state index in [-0.39, 0.29) is 0 Å². The third-order valence-corrected chi connectivity index (χ3v) is 4.26. The molecular formula is C20H23N3O2S. The second-order valence-corrected chi connectivity index (χ2v) is 6.73. The highest BCUT2D eigenvalue weighted by Gasteiger charge is 2.12. The maximum atomic E-state index is 5.59. The van der Waals surface area contributed by atoms with Crippen molar-refractivity contribution in [3.8, 4) is 11.5 Å². The second-order valence-electron chi connectivity index (χ2n) is 6.32. The van der Waals surface area contributed by atoms with E-state index in [1.165, 1.54) is 5.56 Å². The lowest BCUT2D eigenvalue weighted by Gasteiger charge is -2.20. The summed E-state index contributed by atoms with van der Waals surface area (Å²) in [5.74, 6) is 1.98. The highest BCUT2D eigenvalue weighted by Crippen LogP contribution is 2.32. The van der Waals surface area contributed by atoms with E-state index in [9.17, 15) is 0 Å². The first kappa shape index (κ1) is 18.1. The minimum atomic E-state index is 0.459. The molecule has 0 unspecified atom stereocenters. The molecule has 2 aromatic rings. The minimum Gasteiger partial charge on any atom is -0.486 e. The minimum absolute atomic E-state index is 0.459. The first-order valence-corrected chi connectivity index (χ1v) is 8.95. The van der Waals surface area contributed by atoms with Crippen molar-refractivity contribution in [1.82, 2.24) is 10.9 Å². The molecule has 1 heterocycles. The molecule has 136 valence electrons. The molecule has 0 fully saturated rings. The maximum absolute atomic E-state index is 5.59. The van der Waals surface area contributed by atoms with Gasteiger partial charge < -0.3 is 14.8 Å². The van der Waals surface area contributed by atoms with Gasteiger partial charge in [-0.2, -0.15) is 0 Å². The summed E-state index contributed by atoms with van der Waals surface area (Å²) in [6.07, 6.45) is 0. The Kier molecular flexibility index (Phi) is 5.63. The first-order chi connectivity index (χ1) is 12.5. The average Bonchev–Trinajstić information content (AvgIpc) is 2.66. The Morgan fingerprint density at radius 2 is 1.69 bits per heavy atom. The summed E-state index contributed by atoms with van der Waals surface area (Å²) in [5, 5.41) is 3.60. The summed E-state index contributed by atoms with van der Waals surface area (Å²) in [5.41, 5.74) is 9.75. The predicted octanol–water partition coefficient (Wildman–Crippen LogP) is 4.04. The summed E-state index contributed by atoms with van der Waals surface area (Å²) in [4.78, 5) is 0. The molecule has 0 aliphatic carbocycles. The fourth-order valence-electron chi connectivity index (χ4n) is 2.55. The molecule has 6 heteroatoms. The second kappa shape index (κ2) is 8.10. The van der Waals surface area contributed by atoms with Gasteiger partial charge in [0.05, 0.1) is 5.70 Å². The van der Waals surface area contributed by atoms with Crippen LogP contribution in [0.2, 0.25) is 0 Å². The van der Waals surface area contributed by atoms with E-state index in [1.54, 1.807) is 0 Å². The van der Waals surface area contributed by atoms with E-state index in [2.05, 4.69) is 48.7 Å². The molecule has 0 saturated carbocycles. The normalized spacial score (nSPS) is 12.4. The number of fused-ring (bicyclic) bond motifs is 1. The van der Waals surface area contributed by atoms with Crippen molar-refractivity contribution in [2.24, 2.45) is 0 Å². The van der Waals surface area contributed by atoms with Crippen LogP contribution in [0.15, 0.2) is 49.0 Å². The molecule has 0 radical (unpaired) electrons. The predicted molar refractivity (Wildman–Crippen MR) is 109 cm³/mol. The van der Waals surface area contributed by atoms with E-state index in [0.717, 1.165) is 22.7 Å². The van der Waals surface area contributed by atoms with Gasteiger partial charge in [0, 0.05) is 11.3 Å². The third kappa shape index (κ3) is 4.46. The number of ether oxygens (including phenoxy) is 2. The number of thiocarbonyl (C=S) groups is 1. The number of rotatable bonds is 5. The SMILES string of the molecule is C=C(NNC(=S)Nc1ccc(C(C)C)cc1)c1ccc2c(c1)OCCO2. The highest BCUT2D eigenvalue weighted by atomic mass is 32.1. The van der Waals surface area contributed by atoms with Crippen molar-refractivity contribution in [3.63, 3.8) is 0 Å². The molecule has 1 aliphatic rings. The van der Waals surface area contributed by atoms with Gasteiger partial charge in [0.2, 0.25) is 0 Å². The van der Waals surface area contributed by atoms with Gasteiger partial charge in [-0.25, -0.2) is 0 Å². The van der Waals surface area contributed by atoms with Crippen LogP contribution in [-0.2, 0) is 0 Å². The Labute approximate surface area is 159 Å². The fraction of sp³-hybridized carbons (Fsp3) is 0.250. The average molecular weight is 369 g/mol. The van der Waals surface area contributed by atoms with Crippen LogP contribution in [0.4, 0.5) is 5.69 Å². The summed E-state index contributed by atoms with van der Waals surface area (Å²) in [7, 11) is 0. The number of nitrogens with one attached hydrogen (secondary N) is 3. The zero-order valence-corrected chi connectivity index (χ0v) is 15.8. The number of hydrogen-bond donors (Lipinski definition) is 3. The summed E-state index contributed by atoms with van der Waals surface area (Å²) in [6, 6.07) is 13.9. The lowest BCUT2D eigenvalue weighted by molar-refractivity contribution is 0.171. The quantitative estimate of drug-likeness (QED) is 0.546. The van der Waals surface area contributed by atoms with Gasteiger partial charge in [-0.05, 0) is 54.0 Å². The molecule has 0 spiro atoms. The summed E-state index contributed by atoms with van der Waals surface area (Å²) in [6.45, 7) is 9.49. The van der Waals surface area contributed by atoms with Crippen molar-refractivity contribution >= 4 is 28.7 Å². The molecule has 5 nitrogen and oxygen atoms in total. The Morgan fingerprint density at radius 1 is 1.00 bits per heavy atom. The molecule has 2 aromatic carbocycles. The summed E-state index contributed by atoms with van der Waals surface area (Å²) >= 11 is 5.32. The van der Waals surface area contributed by atoms with Gasteiger partial charge in [-0.15, -0.1) is 0 Å². The summed E-state index contributed by atoms with van der Waals surface area (Å²) < 4.78 is 11.1. The van der Waals surface area contributed by atoms with E-state index < -0.39 is 0 Å². The van der Waals surface area contributed by atoms with E-state index in [0.29, 0.717) is 29.9 Å². The van der Waals surface area contributed by atoms with Gasteiger partial charge in [-0.3, -0.25) is 10.9 Å². The number of hydrogen-bond acceptors (Lipinski definition) is 4. The van der Waals surface area contributed by atoms with Crippen LogP contribution in [0.3, 0.4) is 0 Å². The zero-order valence-electron chi connectivity index (χ0n) is 15.0. The smallest absolute Gasteiger partial charge is 0.189 e. The first-order valence-electron chi connectivity index (χ1n) is 8.55. The van der Waals surface area contributed by atoms with E-state index in [4.69, 9.17) is 21.7 Å². The van der Waals surface area contributed by atoms with Crippen molar-refractivity contribution in [2.45, 2.75) is 19.8 Å². The van der Waals surface area contributed by atoms with Crippen LogP contribution in [-0.4, -0.2) is 18.3 Å². The standard InChI is InChI=1S/C20H23N3O2S/c1-13(2)15-4-7-17(8-5-15)21-20(26)23-22-14(3)16-6-9-18-19(12-16)25-11-10-24-18/h4-9,12-13,22H,3,10-11H2,1-2H3,(H2,21,23,26). The molecule has 3 rings (SSSR count). The molecule has 3 N–H and O–H groups in total. The molecule has 0 amide bonds. The highest BCUT2D eigenvalue weighted by molar-refractivity contribution is 7.80. The van der Waals surface area contributed by atoms with Gasteiger partial charge in [0.15, 0.2) is 16.6 Å². The van der Waals surface area contributed by atoms with E-state index in [1.807, 2.05) is 30.3 Å². The lowest BCUT2D eigenvalue weighted by Crippen LogP contribution is -2.38. The van der Waals surface area contributed by atoms with Crippen LogP contribution < -0.4 is 25.6 Å². The van der Waals surface area contributed by atoms with Crippen molar-refractivity contribution in [1.29, 1.82) is 0 Å². The van der Waals surface area contributed by atoms with Crippen LogP contribution in [0.5, 0.6) is 11.5 Å². The van der Waals surface area contributed by atoms with Crippen LogP contribution in [0.25, 0.3) is 5.70 Å². The van der Waals surface area contributed by atoms with Crippen LogP contribution in [0, 0.1) is 0 Å². The largest absolute Gasteiger partial charge is 0.486 e.